The van der Waals surface area contributed by atoms with Gasteiger partial charge in [-0.1, -0.05) is 18.2 Å². The summed E-state index contributed by atoms with van der Waals surface area (Å²) >= 11 is 0. The number of piperazine rings is 1. The zero-order valence-corrected chi connectivity index (χ0v) is 21.1. The van der Waals surface area contributed by atoms with Crippen molar-refractivity contribution in [3.05, 3.63) is 78.4 Å². The highest BCUT2D eigenvalue weighted by atomic mass is 32.2. The number of halogens is 1. The Labute approximate surface area is 210 Å². The van der Waals surface area contributed by atoms with Crippen molar-refractivity contribution in [2.24, 2.45) is 0 Å². The Morgan fingerprint density at radius 3 is 2.64 bits per heavy atom. The van der Waals surface area contributed by atoms with Crippen molar-refractivity contribution in [2.45, 2.75) is 6.54 Å². The molecular weight excluding hydrogens is 479 g/mol. The number of nitrogens with zero attached hydrogens (tertiary/aromatic N) is 4. The molecule has 4 aromatic rings. The number of hydrogen-bond acceptors (Lipinski definition) is 6. The lowest BCUT2D eigenvalue weighted by Gasteiger charge is -2.29. The molecule has 2 N–H and O–H groups in total. The van der Waals surface area contributed by atoms with Crippen molar-refractivity contribution in [2.75, 3.05) is 54.0 Å². The summed E-state index contributed by atoms with van der Waals surface area (Å²) in [5.74, 6) is 0.330. The third-order valence-corrected chi connectivity index (χ3v) is 7.69. The van der Waals surface area contributed by atoms with Crippen LogP contribution in [-0.4, -0.2) is 57.5 Å². The van der Waals surface area contributed by atoms with Gasteiger partial charge in [0.05, 0.1) is 23.1 Å². The Morgan fingerprint density at radius 1 is 1.11 bits per heavy atom. The average molecular weight is 509 g/mol. The molecule has 36 heavy (non-hydrogen) atoms. The number of sulfonamides is 1. The molecule has 0 saturated carbocycles. The summed E-state index contributed by atoms with van der Waals surface area (Å²) < 4.78 is 42.4. The molecule has 0 aliphatic carbocycles. The smallest absolute Gasteiger partial charge is 0.232 e. The van der Waals surface area contributed by atoms with Gasteiger partial charge in [0, 0.05) is 69.3 Å². The minimum Gasteiger partial charge on any atom is -0.367 e. The van der Waals surface area contributed by atoms with Gasteiger partial charge in [0.1, 0.15) is 11.6 Å². The number of hydrogen-bond donors (Lipinski definition) is 2. The molecule has 1 aliphatic rings. The number of para-hydroxylation sites is 1. The molecular formula is C26H29FN6O2S. The van der Waals surface area contributed by atoms with E-state index in [9.17, 15) is 12.8 Å². The van der Waals surface area contributed by atoms with Crippen LogP contribution in [0, 0.1) is 5.82 Å². The van der Waals surface area contributed by atoms with E-state index < -0.39 is 10.0 Å². The number of benzene rings is 2. The van der Waals surface area contributed by atoms with Crippen molar-refractivity contribution in [3.63, 3.8) is 0 Å². The standard InChI is InChI=1S/C26H29FN6O2S/c1-31(36(2,34)35)23-6-4-3-5-20(23)18-33-12-9-19-17-29-26(16-25(19)33)30-21-7-8-24(22(27)15-21)32-13-10-28-11-14-32/h3-9,12,15-17,28H,10-11,13-14,18H2,1-2H3,(H,29,30). The molecule has 0 radical (unpaired) electrons. The van der Waals surface area contributed by atoms with E-state index in [1.54, 1.807) is 25.4 Å². The molecule has 1 fully saturated rings. The van der Waals surface area contributed by atoms with Crippen molar-refractivity contribution in [1.29, 1.82) is 0 Å². The molecule has 5 rings (SSSR count). The fourth-order valence-corrected chi connectivity index (χ4v) is 5.03. The maximum Gasteiger partial charge on any atom is 0.232 e. The van der Waals surface area contributed by atoms with Crippen molar-refractivity contribution in [1.82, 2.24) is 14.9 Å². The Balaban J connectivity index is 1.40. The van der Waals surface area contributed by atoms with E-state index in [1.807, 2.05) is 52.1 Å². The summed E-state index contributed by atoms with van der Waals surface area (Å²) in [4.78, 5) is 6.54. The highest BCUT2D eigenvalue weighted by Crippen LogP contribution is 2.28. The fraction of sp³-hybridized carbons (Fsp3) is 0.269. The van der Waals surface area contributed by atoms with Crippen molar-refractivity contribution >= 4 is 43.8 Å². The molecule has 0 spiro atoms. The summed E-state index contributed by atoms with van der Waals surface area (Å²) in [5, 5.41) is 7.45. The lowest BCUT2D eigenvalue weighted by atomic mass is 10.1. The molecule has 0 amide bonds. The van der Waals surface area contributed by atoms with Gasteiger partial charge in [-0.2, -0.15) is 0 Å². The number of pyridine rings is 1. The van der Waals surface area contributed by atoms with Gasteiger partial charge in [-0.15, -0.1) is 0 Å². The molecule has 0 atom stereocenters. The predicted octanol–water partition coefficient (Wildman–Crippen LogP) is 3.77. The molecule has 0 unspecified atom stereocenters. The quantitative estimate of drug-likeness (QED) is 0.396. The molecule has 10 heteroatoms. The van der Waals surface area contributed by atoms with Gasteiger partial charge in [0.2, 0.25) is 10.0 Å². The van der Waals surface area contributed by atoms with E-state index in [2.05, 4.69) is 15.6 Å². The average Bonchev–Trinajstić information content (AvgIpc) is 3.26. The van der Waals surface area contributed by atoms with Crippen LogP contribution in [0.5, 0.6) is 0 Å². The third-order valence-electron chi connectivity index (χ3n) is 6.50. The van der Waals surface area contributed by atoms with E-state index >= 15 is 0 Å². The summed E-state index contributed by atoms with van der Waals surface area (Å²) in [6, 6.07) is 16.5. The van der Waals surface area contributed by atoms with Crippen LogP contribution >= 0.6 is 0 Å². The molecule has 2 aromatic heterocycles. The summed E-state index contributed by atoms with van der Waals surface area (Å²) in [6.07, 6.45) is 4.92. The second-order valence-electron chi connectivity index (χ2n) is 8.96. The van der Waals surface area contributed by atoms with Crippen LogP contribution in [0.2, 0.25) is 0 Å². The summed E-state index contributed by atoms with van der Waals surface area (Å²) in [7, 11) is -1.83. The first-order valence-corrected chi connectivity index (χ1v) is 13.6. The monoisotopic (exact) mass is 508 g/mol. The Hall–Kier alpha value is -3.63. The first-order valence-electron chi connectivity index (χ1n) is 11.8. The summed E-state index contributed by atoms with van der Waals surface area (Å²) in [5.41, 5.74) is 3.67. The molecule has 3 heterocycles. The van der Waals surface area contributed by atoms with Crippen LogP contribution in [-0.2, 0) is 16.6 Å². The zero-order chi connectivity index (χ0) is 25.3. The van der Waals surface area contributed by atoms with Crippen LogP contribution in [0.25, 0.3) is 10.9 Å². The molecule has 1 aliphatic heterocycles. The molecule has 1 saturated heterocycles. The van der Waals surface area contributed by atoms with Crippen LogP contribution < -0.4 is 19.8 Å². The minimum absolute atomic E-state index is 0.266. The second-order valence-corrected chi connectivity index (χ2v) is 11.0. The van der Waals surface area contributed by atoms with Gasteiger partial charge in [-0.05, 0) is 35.9 Å². The van der Waals surface area contributed by atoms with E-state index in [-0.39, 0.29) is 5.82 Å². The number of fused-ring (bicyclic) bond motifs is 1. The Bertz CT molecular complexity index is 1500. The van der Waals surface area contributed by atoms with Crippen LogP contribution in [0.1, 0.15) is 5.56 Å². The topological polar surface area (TPSA) is 82.5 Å². The highest BCUT2D eigenvalue weighted by molar-refractivity contribution is 7.92. The van der Waals surface area contributed by atoms with E-state index in [1.165, 1.54) is 16.6 Å². The van der Waals surface area contributed by atoms with Gasteiger partial charge in [0.25, 0.3) is 0 Å². The number of rotatable bonds is 7. The SMILES string of the molecule is CN(c1ccccc1Cn1ccc2cnc(Nc3ccc(N4CCNCC4)c(F)c3)cc21)S(C)(=O)=O. The van der Waals surface area contributed by atoms with Crippen LogP contribution in [0.3, 0.4) is 0 Å². The lowest BCUT2D eigenvalue weighted by Crippen LogP contribution is -2.43. The van der Waals surface area contributed by atoms with Crippen molar-refractivity contribution in [3.8, 4) is 0 Å². The van der Waals surface area contributed by atoms with E-state index in [0.717, 1.165) is 42.6 Å². The van der Waals surface area contributed by atoms with Gasteiger partial charge in [-0.25, -0.2) is 17.8 Å². The number of anilines is 4. The molecule has 0 bridgehead atoms. The predicted molar refractivity (Wildman–Crippen MR) is 143 cm³/mol. The molecule has 188 valence electrons. The number of aromatic nitrogens is 2. The van der Waals surface area contributed by atoms with Gasteiger partial charge < -0.3 is 20.1 Å². The lowest BCUT2D eigenvalue weighted by molar-refractivity contribution is 0.566. The third kappa shape index (κ3) is 5.00. The van der Waals surface area contributed by atoms with Gasteiger partial charge in [-0.3, -0.25) is 4.31 Å². The molecule has 8 nitrogen and oxygen atoms in total. The highest BCUT2D eigenvalue weighted by Gasteiger charge is 2.17. The summed E-state index contributed by atoms with van der Waals surface area (Å²) in [6.45, 7) is 3.73. The van der Waals surface area contributed by atoms with Crippen LogP contribution in [0.4, 0.5) is 27.3 Å². The van der Waals surface area contributed by atoms with E-state index in [4.69, 9.17) is 0 Å². The Kier molecular flexibility index (Phi) is 6.55. The van der Waals surface area contributed by atoms with Gasteiger partial charge >= 0.3 is 0 Å². The van der Waals surface area contributed by atoms with E-state index in [0.29, 0.717) is 29.4 Å². The maximum absolute atomic E-state index is 14.9. The largest absolute Gasteiger partial charge is 0.367 e. The second kappa shape index (κ2) is 9.79. The van der Waals surface area contributed by atoms with Crippen molar-refractivity contribution < 1.29 is 12.8 Å². The van der Waals surface area contributed by atoms with Crippen LogP contribution in [0.15, 0.2) is 67.0 Å². The fourth-order valence-electron chi connectivity index (χ4n) is 4.50. The normalized spacial score (nSPS) is 14.2. The first kappa shape index (κ1) is 24.1. The Morgan fingerprint density at radius 2 is 1.89 bits per heavy atom. The molecule has 2 aromatic carbocycles. The zero-order valence-electron chi connectivity index (χ0n) is 20.3. The first-order chi connectivity index (χ1) is 17.3. The maximum atomic E-state index is 14.9. The minimum atomic E-state index is -3.39. The van der Waals surface area contributed by atoms with Gasteiger partial charge in [0.15, 0.2) is 0 Å². The number of nitrogens with one attached hydrogen (secondary N) is 2.